The SMILES string of the molecule is COC(=O)CC[C@@H](C)[C@H]1CC[C@H]2[C@@H]3CC(=O)[C@H]4C[C@H](C)CC[C@]4(C)[C@H]3CC[C@]12C.COC(=O)CC[C@@H](C)[C@H]1CC[C@H]2[C@@H]3CC(F)(F)[C@H]4CC(=O)CC[C@]4(C)[C@H]3CC[C@]12C.COC(=O)CC[C@@H](C)[C@H]1CC[C@H]2[C@@H]3CC(F)(F)[C@H]4C[C@H](C)CC[C@]4(C)[C@H]3CC[C@]12C.COC(=O)CC[C@@H](C)[C@H]1CC[C@H]2[C@@H]3CC(F)(F)[C@H]4C[C@H](O)CC[C@]4(C)[C@H]3CC[C@]12C. The van der Waals surface area contributed by atoms with Gasteiger partial charge in [0.2, 0.25) is 0 Å². The lowest BCUT2D eigenvalue weighted by atomic mass is 9.43. The van der Waals surface area contributed by atoms with Crippen LogP contribution in [-0.4, -0.2) is 92.9 Å². The Morgan fingerprint density at radius 3 is 1.00 bits per heavy atom. The van der Waals surface area contributed by atoms with Gasteiger partial charge < -0.3 is 24.1 Å². The third-order valence-corrected chi connectivity index (χ3v) is 41.9. The fraction of sp³-hybridized carbons (Fsp3) is 0.941. The molecule has 0 radical (unpaired) electrons. The van der Waals surface area contributed by atoms with Crippen molar-refractivity contribution in [1.82, 2.24) is 0 Å². The van der Waals surface area contributed by atoms with Crippen LogP contribution in [0.2, 0.25) is 0 Å². The average molecular weight is 1680 g/mol. The molecule has 0 spiro atoms. The first-order chi connectivity index (χ1) is 55.8. The molecule has 0 aliphatic heterocycles. The van der Waals surface area contributed by atoms with Gasteiger partial charge in [-0.15, -0.1) is 0 Å². The van der Waals surface area contributed by atoms with Crippen molar-refractivity contribution in [3.8, 4) is 0 Å². The van der Waals surface area contributed by atoms with Gasteiger partial charge in [0.05, 0.1) is 34.5 Å². The highest BCUT2D eigenvalue weighted by atomic mass is 19.3. The average Bonchev–Trinajstić information content (AvgIpc) is 1.70. The van der Waals surface area contributed by atoms with Gasteiger partial charge in [0.15, 0.2) is 0 Å². The fourth-order valence-electron chi connectivity index (χ4n) is 35.5. The first kappa shape index (κ1) is 93.4. The number of fused-ring (bicyclic) bond motifs is 20. The number of carbonyl (C=O) groups excluding carboxylic acids is 6. The second-order valence-corrected chi connectivity index (χ2v) is 47.0. The van der Waals surface area contributed by atoms with Gasteiger partial charge >= 0.3 is 23.9 Å². The molecule has 16 saturated carbocycles. The minimum atomic E-state index is -2.74. The molecule has 0 amide bonds. The molecule has 0 saturated heterocycles. The molecule has 16 rings (SSSR count). The first-order valence-corrected chi connectivity index (χ1v) is 48.9. The Hall–Kier alpha value is -3.24. The molecule has 0 heterocycles. The van der Waals surface area contributed by atoms with Crippen molar-refractivity contribution < 1.29 is 79.2 Å². The molecule has 0 unspecified atom stereocenters. The molecule has 0 bridgehead atoms. The Bertz CT molecular complexity index is 3490. The van der Waals surface area contributed by atoms with E-state index in [1.54, 1.807) is 0 Å². The maximum absolute atomic E-state index is 15.6. The molecule has 16 aliphatic carbocycles. The van der Waals surface area contributed by atoms with E-state index >= 15 is 26.3 Å². The summed E-state index contributed by atoms with van der Waals surface area (Å²) in [5, 5.41) is 10.1. The van der Waals surface area contributed by atoms with E-state index in [9.17, 15) is 33.9 Å². The largest absolute Gasteiger partial charge is 0.469 e. The maximum atomic E-state index is 15.6. The summed E-state index contributed by atoms with van der Waals surface area (Å²) in [4.78, 5) is 71.9. The summed E-state index contributed by atoms with van der Waals surface area (Å²) < 4.78 is 112. The van der Waals surface area contributed by atoms with Crippen LogP contribution in [0.5, 0.6) is 0 Å². The van der Waals surface area contributed by atoms with Crippen LogP contribution in [0.25, 0.3) is 0 Å². The molecular formula is C102H162F6O11. The Kier molecular flexibility index (Phi) is 27.5. The van der Waals surface area contributed by atoms with E-state index in [4.69, 9.17) is 18.9 Å². The molecule has 17 heteroatoms. The quantitative estimate of drug-likeness (QED) is 0.0890. The standard InChI is InChI=1S/C26H42F2O2.C26H42O3.C25H40F2O3.C25H38F2O3/c1-16-10-12-25(4)21-11-13-24(3)19(17(2)6-9-23(29)30-5)7-8-20(24)18(21)15-26(27,28)22(25)14-16;1-16-10-12-26(4)21-11-13-25(3)19(17(2)6-9-24(28)29-5)7-8-20(25)18(21)15-23(27)22(26)14-16;2*1-15(5-8-22(29)30-4)18-6-7-19-17-14-25(26,27)21-13-16(28)9-11-24(21,3)20(17)10-12-23(18,19)2/h16-22H,6-15H2,1-5H3;16-22H,6-15H2,1-5H3;15-21,28H,5-14H2,1-4H3;15,17-21H,5-14H2,1-4H3/t16-,17-,18+,19-,20+,21+,22+,24-,25-;16-,17-,18+,19-,20+,21+,22-,25-,26-;15-,16-,17+,18-,19+,20+,21+,23-,24-;15-,17+,18-,19+,20+,21+,23-,24-/m1111/s1. The summed E-state index contributed by atoms with van der Waals surface area (Å²) in [6, 6.07) is 0. The second-order valence-electron chi connectivity index (χ2n) is 47.0. The normalized spacial score (nSPS) is 47.5. The minimum Gasteiger partial charge on any atom is -0.469 e. The molecule has 11 nitrogen and oxygen atoms in total. The van der Waals surface area contributed by atoms with Crippen LogP contribution in [-0.2, 0) is 47.7 Å². The highest BCUT2D eigenvalue weighted by Crippen LogP contribution is 2.76. The molecule has 0 aromatic heterocycles. The molecule has 119 heavy (non-hydrogen) atoms. The third kappa shape index (κ3) is 16.9. The number of hydrogen-bond acceptors (Lipinski definition) is 11. The zero-order valence-corrected chi connectivity index (χ0v) is 77.2. The van der Waals surface area contributed by atoms with E-state index in [-0.39, 0.29) is 112 Å². The number of Topliss-reactive ketones (excluding diaryl/α,β-unsaturated/α-hetero) is 2. The Balaban J connectivity index is 0.000000137. The summed E-state index contributed by atoms with van der Waals surface area (Å²) in [5.41, 5.74) is -0.000220. The van der Waals surface area contributed by atoms with E-state index in [1.165, 1.54) is 73.4 Å². The minimum absolute atomic E-state index is 0.00810. The van der Waals surface area contributed by atoms with E-state index in [2.05, 4.69) is 96.9 Å². The Labute approximate surface area is 714 Å². The molecule has 35 atom stereocenters. The van der Waals surface area contributed by atoms with Gasteiger partial charge in [-0.3, -0.25) is 28.8 Å². The predicted octanol–water partition coefficient (Wildman–Crippen LogP) is 25.1. The molecule has 0 aromatic rings. The van der Waals surface area contributed by atoms with Gasteiger partial charge in [-0.2, -0.15) is 0 Å². The van der Waals surface area contributed by atoms with Crippen molar-refractivity contribution in [3.05, 3.63) is 0 Å². The summed E-state index contributed by atoms with van der Waals surface area (Å²) in [6.07, 6.45) is 33.3. The van der Waals surface area contributed by atoms with Crippen LogP contribution in [0, 0.1) is 197 Å². The zero-order chi connectivity index (χ0) is 86.7. The molecule has 1 N–H and O–H groups in total. The monoisotopic (exact) mass is 1680 g/mol. The number of ether oxygens (including phenoxy) is 4. The lowest BCUT2D eigenvalue weighted by Crippen LogP contribution is -2.60. The number of methoxy groups -OCH3 is 4. The molecular weight excluding hydrogens is 1520 g/mol. The van der Waals surface area contributed by atoms with E-state index in [1.807, 2.05) is 0 Å². The van der Waals surface area contributed by atoms with Crippen LogP contribution in [0.4, 0.5) is 26.3 Å². The maximum Gasteiger partial charge on any atom is 0.305 e. The highest BCUT2D eigenvalue weighted by Gasteiger charge is 2.72. The number of aliphatic hydroxyl groups is 1. The Morgan fingerprint density at radius 2 is 0.639 bits per heavy atom. The number of carbonyl (C=O) groups is 6. The summed E-state index contributed by atoms with van der Waals surface area (Å²) >= 11 is 0. The van der Waals surface area contributed by atoms with Gasteiger partial charge in [-0.05, 0) is 353 Å². The van der Waals surface area contributed by atoms with Crippen molar-refractivity contribution in [3.63, 3.8) is 0 Å². The third-order valence-electron chi connectivity index (χ3n) is 41.9. The van der Waals surface area contributed by atoms with E-state index in [0.717, 1.165) is 134 Å². The van der Waals surface area contributed by atoms with E-state index in [0.29, 0.717) is 175 Å². The highest BCUT2D eigenvalue weighted by molar-refractivity contribution is 5.83. The molecule has 16 aliphatic rings. The predicted molar refractivity (Wildman–Crippen MR) is 453 cm³/mol. The van der Waals surface area contributed by atoms with Crippen molar-refractivity contribution in [2.75, 3.05) is 28.4 Å². The van der Waals surface area contributed by atoms with Gasteiger partial charge in [-0.1, -0.05) is 110 Å². The van der Waals surface area contributed by atoms with Gasteiger partial charge in [0.1, 0.15) is 11.6 Å². The smallest absolute Gasteiger partial charge is 0.305 e. The van der Waals surface area contributed by atoms with Crippen LogP contribution >= 0.6 is 0 Å². The summed E-state index contributed by atoms with van der Waals surface area (Å²) in [6.45, 7) is 32.1. The van der Waals surface area contributed by atoms with Crippen molar-refractivity contribution >= 4 is 35.4 Å². The van der Waals surface area contributed by atoms with Crippen LogP contribution < -0.4 is 0 Å². The van der Waals surface area contributed by atoms with Gasteiger partial charge in [-0.25, -0.2) is 26.3 Å². The fourth-order valence-corrected chi connectivity index (χ4v) is 35.5. The van der Waals surface area contributed by atoms with Crippen LogP contribution in [0.3, 0.4) is 0 Å². The first-order valence-electron chi connectivity index (χ1n) is 48.9. The number of aliphatic hydroxyl groups excluding tert-OH is 1. The number of esters is 4. The van der Waals surface area contributed by atoms with Crippen molar-refractivity contribution in [2.45, 2.75) is 378 Å². The molecule has 0 aromatic carbocycles. The lowest BCUT2D eigenvalue weighted by molar-refractivity contribution is -0.235. The number of ketones is 2. The van der Waals surface area contributed by atoms with Gasteiger partial charge in [0, 0.05) is 87.9 Å². The van der Waals surface area contributed by atoms with E-state index < -0.39 is 47.0 Å². The van der Waals surface area contributed by atoms with Crippen molar-refractivity contribution in [2.24, 2.45) is 197 Å². The molecule has 16 fully saturated rings. The summed E-state index contributed by atoms with van der Waals surface area (Å²) in [7, 11) is 5.80. The topological polar surface area (TPSA) is 160 Å². The van der Waals surface area contributed by atoms with Crippen molar-refractivity contribution in [1.29, 1.82) is 0 Å². The van der Waals surface area contributed by atoms with Crippen LogP contribution in [0.1, 0.15) is 354 Å². The summed E-state index contributed by atoms with van der Waals surface area (Å²) in [5.74, 6) is 0.425. The lowest BCUT2D eigenvalue weighted by Gasteiger charge is -2.63. The zero-order valence-electron chi connectivity index (χ0n) is 77.2. The van der Waals surface area contributed by atoms with Crippen LogP contribution in [0.15, 0.2) is 0 Å². The number of alkyl halides is 6. The number of halogens is 6. The Morgan fingerprint density at radius 1 is 0.353 bits per heavy atom. The molecule has 678 valence electrons. The van der Waals surface area contributed by atoms with Gasteiger partial charge in [0.25, 0.3) is 17.8 Å². The number of rotatable bonds is 16. The number of hydrogen-bond donors (Lipinski definition) is 1. The second kappa shape index (κ2) is 35.1.